The number of amidine groups is 1. The van der Waals surface area contributed by atoms with Crippen molar-refractivity contribution in [3.05, 3.63) is 29.8 Å². The molecule has 4 N–H and O–H groups in total. The molecule has 0 atom stereocenters. The third-order valence-electron chi connectivity index (χ3n) is 3.44. The van der Waals surface area contributed by atoms with Gasteiger partial charge in [-0.05, 0) is 37.1 Å². The average Bonchev–Trinajstić information content (AvgIpc) is 2.76. The van der Waals surface area contributed by atoms with E-state index in [0.29, 0.717) is 24.3 Å². The lowest BCUT2D eigenvalue weighted by Crippen LogP contribution is -2.36. The summed E-state index contributed by atoms with van der Waals surface area (Å²) in [6.07, 6.45) is 3.92. The van der Waals surface area contributed by atoms with E-state index in [-0.39, 0.29) is 5.84 Å². The molecule has 0 saturated carbocycles. The van der Waals surface area contributed by atoms with E-state index in [0.717, 1.165) is 25.7 Å². The van der Waals surface area contributed by atoms with Crippen molar-refractivity contribution in [2.45, 2.75) is 25.7 Å². The number of anilines is 1. The summed E-state index contributed by atoms with van der Waals surface area (Å²) in [6.45, 7) is 1.11. The van der Waals surface area contributed by atoms with Gasteiger partial charge in [0.25, 0.3) is 0 Å². The van der Waals surface area contributed by atoms with Crippen LogP contribution in [0.5, 0.6) is 0 Å². The van der Waals surface area contributed by atoms with Crippen LogP contribution < -0.4 is 10.5 Å². The summed E-state index contributed by atoms with van der Waals surface area (Å²) >= 11 is 0. The predicted octanol–water partition coefficient (Wildman–Crippen LogP) is 1.31. The number of nitrogens with one attached hydrogen (secondary N) is 1. The first kappa shape index (κ1) is 15.6. The predicted molar refractivity (Wildman–Crippen MR) is 81.5 cm³/mol. The normalized spacial score (nSPS) is 18.2. The third-order valence-corrected chi connectivity index (χ3v) is 4.98. The largest absolute Gasteiger partial charge is 0.409 e. The molecule has 0 radical (unpaired) electrons. The molecule has 7 nitrogen and oxygen atoms in total. The van der Waals surface area contributed by atoms with Gasteiger partial charge in [0.05, 0.1) is 0 Å². The van der Waals surface area contributed by atoms with Gasteiger partial charge in [-0.3, -0.25) is 4.72 Å². The van der Waals surface area contributed by atoms with Crippen LogP contribution in [-0.2, 0) is 10.2 Å². The van der Waals surface area contributed by atoms with Gasteiger partial charge in [0, 0.05) is 24.3 Å². The summed E-state index contributed by atoms with van der Waals surface area (Å²) in [5.41, 5.74) is 6.43. The molecule has 2 rings (SSSR count). The highest BCUT2D eigenvalue weighted by Crippen LogP contribution is 2.17. The molecule has 1 aliphatic rings. The van der Waals surface area contributed by atoms with Crippen molar-refractivity contribution in [2.24, 2.45) is 10.9 Å². The number of rotatable bonds is 4. The van der Waals surface area contributed by atoms with Crippen LogP contribution in [0.25, 0.3) is 0 Å². The van der Waals surface area contributed by atoms with Gasteiger partial charge in [0.2, 0.25) is 0 Å². The number of hydrogen-bond donors (Lipinski definition) is 3. The Bertz CT molecular complexity index is 590. The minimum Gasteiger partial charge on any atom is -0.409 e. The van der Waals surface area contributed by atoms with E-state index >= 15 is 0 Å². The van der Waals surface area contributed by atoms with Gasteiger partial charge in [0.15, 0.2) is 5.84 Å². The Kier molecular flexibility index (Phi) is 5.03. The lowest BCUT2D eigenvalue weighted by molar-refractivity contribution is 0.318. The first-order valence-electron chi connectivity index (χ1n) is 6.89. The maximum Gasteiger partial charge on any atom is 0.301 e. The molecule has 0 spiro atoms. The first-order valence-corrected chi connectivity index (χ1v) is 8.33. The average molecular weight is 312 g/mol. The van der Waals surface area contributed by atoms with Crippen LogP contribution in [0, 0.1) is 0 Å². The topological polar surface area (TPSA) is 108 Å². The van der Waals surface area contributed by atoms with Crippen LogP contribution in [0.15, 0.2) is 29.4 Å². The van der Waals surface area contributed by atoms with E-state index < -0.39 is 10.2 Å². The van der Waals surface area contributed by atoms with Gasteiger partial charge in [-0.1, -0.05) is 18.0 Å². The van der Waals surface area contributed by atoms with Gasteiger partial charge >= 0.3 is 10.2 Å². The van der Waals surface area contributed by atoms with E-state index in [9.17, 15) is 8.42 Å². The molecule has 1 fully saturated rings. The minimum atomic E-state index is -3.53. The zero-order valence-electron chi connectivity index (χ0n) is 11.7. The van der Waals surface area contributed by atoms with Gasteiger partial charge < -0.3 is 10.9 Å². The molecule has 1 aromatic carbocycles. The van der Waals surface area contributed by atoms with Crippen molar-refractivity contribution in [3.8, 4) is 0 Å². The number of oxime groups is 1. The van der Waals surface area contributed by atoms with E-state index in [1.165, 1.54) is 4.31 Å². The van der Waals surface area contributed by atoms with Crippen LogP contribution >= 0.6 is 0 Å². The summed E-state index contributed by atoms with van der Waals surface area (Å²) in [5, 5.41) is 11.5. The Morgan fingerprint density at radius 2 is 1.71 bits per heavy atom. The zero-order chi connectivity index (χ0) is 15.3. The highest BCUT2D eigenvalue weighted by molar-refractivity contribution is 7.90. The Morgan fingerprint density at radius 1 is 1.14 bits per heavy atom. The quantitative estimate of drug-likeness (QED) is 0.337. The lowest BCUT2D eigenvalue weighted by atomic mass is 10.2. The van der Waals surface area contributed by atoms with E-state index in [2.05, 4.69) is 9.88 Å². The van der Waals surface area contributed by atoms with Crippen LogP contribution in [-0.4, -0.2) is 36.9 Å². The summed E-state index contributed by atoms with van der Waals surface area (Å²) in [7, 11) is -3.53. The van der Waals surface area contributed by atoms with Crippen LogP contribution in [0.3, 0.4) is 0 Å². The van der Waals surface area contributed by atoms with Crippen LogP contribution in [0.1, 0.15) is 31.2 Å². The number of benzene rings is 1. The monoisotopic (exact) mass is 312 g/mol. The van der Waals surface area contributed by atoms with Crippen molar-refractivity contribution in [1.29, 1.82) is 0 Å². The fourth-order valence-electron chi connectivity index (χ4n) is 2.26. The second kappa shape index (κ2) is 6.77. The molecule has 21 heavy (non-hydrogen) atoms. The first-order chi connectivity index (χ1) is 10.0. The molecular formula is C13H20N4O3S. The maximum absolute atomic E-state index is 12.3. The Balaban J connectivity index is 2.09. The highest BCUT2D eigenvalue weighted by Gasteiger charge is 2.22. The SMILES string of the molecule is N/C(=N/O)c1ccc(NS(=O)(=O)N2CCCCCC2)cc1. The number of nitrogens with zero attached hydrogens (tertiary/aromatic N) is 2. The minimum absolute atomic E-state index is 0.0167. The molecule has 1 aromatic rings. The van der Waals surface area contributed by atoms with Crippen molar-refractivity contribution in [2.75, 3.05) is 17.8 Å². The molecule has 1 saturated heterocycles. The summed E-state index contributed by atoms with van der Waals surface area (Å²) in [5.74, 6) is -0.0167. The Morgan fingerprint density at radius 3 is 2.24 bits per heavy atom. The molecule has 0 amide bonds. The van der Waals surface area contributed by atoms with Gasteiger partial charge in [-0.2, -0.15) is 12.7 Å². The van der Waals surface area contributed by atoms with E-state index in [1.807, 2.05) is 0 Å². The summed E-state index contributed by atoms with van der Waals surface area (Å²) < 4.78 is 28.7. The van der Waals surface area contributed by atoms with Gasteiger partial charge in [0.1, 0.15) is 0 Å². The van der Waals surface area contributed by atoms with Crippen molar-refractivity contribution >= 4 is 21.7 Å². The van der Waals surface area contributed by atoms with Crippen LogP contribution in [0.4, 0.5) is 5.69 Å². The van der Waals surface area contributed by atoms with Crippen molar-refractivity contribution < 1.29 is 13.6 Å². The summed E-state index contributed by atoms with van der Waals surface area (Å²) in [4.78, 5) is 0. The summed E-state index contributed by atoms with van der Waals surface area (Å²) in [6, 6.07) is 6.36. The molecule has 0 aromatic heterocycles. The fraction of sp³-hybridized carbons (Fsp3) is 0.462. The molecular weight excluding hydrogens is 292 g/mol. The molecule has 1 heterocycles. The molecule has 116 valence electrons. The standard InChI is InChI=1S/C13H20N4O3S/c14-13(15-18)11-5-7-12(8-6-11)16-21(19,20)17-9-3-1-2-4-10-17/h5-8,16,18H,1-4,9-10H2,(H2,14,15). The maximum atomic E-state index is 12.3. The van der Waals surface area contributed by atoms with Gasteiger partial charge in [-0.15, -0.1) is 0 Å². The van der Waals surface area contributed by atoms with Crippen molar-refractivity contribution in [1.82, 2.24) is 4.31 Å². The molecule has 0 bridgehead atoms. The fourth-order valence-corrected chi connectivity index (χ4v) is 3.56. The van der Waals surface area contributed by atoms with E-state index in [1.54, 1.807) is 24.3 Å². The molecule has 8 heteroatoms. The Labute approximate surface area is 124 Å². The zero-order valence-corrected chi connectivity index (χ0v) is 12.5. The Hall–Kier alpha value is -1.80. The molecule has 0 aliphatic carbocycles. The number of nitrogens with two attached hydrogens (primary N) is 1. The molecule has 0 unspecified atom stereocenters. The highest BCUT2D eigenvalue weighted by atomic mass is 32.2. The van der Waals surface area contributed by atoms with E-state index in [4.69, 9.17) is 10.9 Å². The number of hydrogen-bond acceptors (Lipinski definition) is 4. The van der Waals surface area contributed by atoms with Gasteiger partial charge in [-0.25, -0.2) is 0 Å². The molecule has 1 aliphatic heterocycles. The van der Waals surface area contributed by atoms with Crippen LogP contribution in [0.2, 0.25) is 0 Å². The smallest absolute Gasteiger partial charge is 0.301 e. The second-order valence-electron chi connectivity index (χ2n) is 4.98. The lowest BCUT2D eigenvalue weighted by Gasteiger charge is -2.20. The third kappa shape index (κ3) is 4.08. The van der Waals surface area contributed by atoms with Crippen molar-refractivity contribution in [3.63, 3.8) is 0 Å². The second-order valence-corrected chi connectivity index (χ2v) is 6.65.